The van der Waals surface area contributed by atoms with Crippen molar-refractivity contribution < 1.29 is 9.53 Å². The van der Waals surface area contributed by atoms with Crippen LogP contribution in [0, 0.1) is 10.5 Å². The van der Waals surface area contributed by atoms with E-state index in [0.29, 0.717) is 11.6 Å². The molecule has 0 aromatic heterocycles. The second-order valence-corrected chi connectivity index (χ2v) is 6.00. The highest BCUT2D eigenvalue weighted by Gasteiger charge is 2.24. The van der Waals surface area contributed by atoms with Gasteiger partial charge in [0.1, 0.15) is 0 Å². The maximum absolute atomic E-state index is 11.9. The quantitative estimate of drug-likeness (QED) is 0.443. The third-order valence-electron chi connectivity index (χ3n) is 3.07. The molecule has 1 aliphatic rings. The molecule has 2 aromatic rings. The van der Waals surface area contributed by atoms with Crippen LogP contribution in [-0.2, 0) is 9.53 Å². The lowest BCUT2D eigenvalue weighted by molar-refractivity contribution is -0.129. The molecule has 4 heteroatoms. The summed E-state index contributed by atoms with van der Waals surface area (Å²) in [5.74, 6) is -0.0543. The van der Waals surface area contributed by atoms with Crippen molar-refractivity contribution in [2.24, 2.45) is 4.99 Å². The monoisotopic (exact) mass is 389 g/mol. The lowest BCUT2D eigenvalue weighted by Gasteiger charge is -1.99. The average molecular weight is 389 g/mol. The number of halogens is 1. The summed E-state index contributed by atoms with van der Waals surface area (Å²) in [7, 11) is 0. The van der Waals surface area contributed by atoms with Gasteiger partial charge in [0.25, 0.3) is 0 Å². The summed E-state index contributed by atoms with van der Waals surface area (Å²) in [4.78, 5) is 16.2. The maximum atomic E-state index is 11.9. The van der Waals surface area contributed by atoms with E-state index in [1.54, 1.807) is 6.08 Å². The molecular weight excluding hydrogens is 377 g/mol. The number of carbonyl (C=O) groups excluding carboxylic acids is 1. The van der Waals surface area contributed by atoms with Crippen molar-refractivity contribution in [1.29, 1.82) is 0 Å². The molecule has 0 atom stereocenters. The number of rotatable bonds is 2. The molecule has 0 bridgehead atoms. The Morgan fingerprint density at radius 1 is 1.14 bits per heavy atom. The van der Waals surface area contributed by atoms with Crippen molar-refractivity contribution in [3.05, 3.63) is 74.5 Å². The third kappa shape index (κ3) is 3.21. The summed E-state index contributed by atoms with van der Waals surface area (Å²) in [5, 5.41) is 0. The molecule has 0 aliphatic carbocycles. The van der Waals surface area contributed by atoms with Crippen molar-refractivity contribution in [3.63, 3.8) is 0 Å². The van der Waals surface area contributed by atoms with Gasteiger partial charge < -0.3 is 4.74 Å². The zero-order chi connectivity index (χ0) is 14.8. The Labute approximate surface area is 136 Å². The van der Waals surface area contributed by atoms with Crippen molar-refractivity contribution in [3.8, 4) is 0 Å². The minimum atomic E-state index is -0.413. The van der Waals surface area contributed by atoms with Gasteiger partial charge in [0, 0.05) is 9.13 Å². The van der Waals surface area contributed by atoms with Gasteiger partial charge >= 0.3 is 5.97 Å². The van der Waals surface area contributed by atoms with Gasteiger partial charge in [0.05, 0.1) is 0 Å². The summed E-state index contributed by atoms with van der Waals surface area (Å²) in [5.41, 5.74) is 3.24. The number of aliphatic imine (C=N–C) groups is 1. The zero-order valence-electron chi connectivity index (χ0n) is 11.3. The third-order valence-corrected chi connectivity index (χ3v) is 3.74. The second kappa shape index (κ2) is 5.81. The number of benzene rings is 2. The molecule has 0 fully saturated rings. The number of hydrogen-bond donors (Lipinski definition) is 0. The van der Waals surface area contributed by atoms with Crippen molar-refractivity contribution in [2.45, 2.75) is 6.92 Å². The number of cyclic esters (lactones) is 1. The fraction of sp³-hybridized carbons (Fsp3) is 0.0588. The Morgan fingerprint density at radius 3 is 2.62 bits per heavy atom. The molecule has 0 N–H and O–H groups in total. The SMILES string of the molecule is Cc1ccc(C=C2N=C(c3cccc(I)c3)OC2=O)cc1. The Bertz CT molecular complexity index is 761. The highest BCUT2D eigenvalue weighted by atomic mass is 127. The Balaban J connectivity index is 1.93. The van der Waals surface area contributed by atoms with Gasteiger partial charge in [0.15, 0.2) is 5.70 Å². The molecule has 0 unspecified atom stereocenters. The maximum Gasteiger partial charge on any atom is 0.363 e. The van der Waals surface area contributed by atoms with Crippen LogP contribution in [0.15, 0.2) is 59.2 Å². The number of esters is 1. The van der Waals surface area contributed by atoms with E-state index in [9.17, 15) is 4.79 Å². The summed E-state index contributed by atoms with van der Waals surface area (Å²) in [6, 6.07) is 15.6. The molecule has 0 amide bonds. The second-order valence-electron chi connectivity index (χ2n) is 4.76. The van der Waals surface area contributed by atoms with Crippen LogP contribution in [0.3, 0.4) is 0 Å². The molecule has 0 spiro atoms. The van der Waals surface area contributed by atoms with Gasteiger partial charge in [-0.2, -0.15) is 0 Å². The summed E-state index contributed by atoms with van der Waals surface area (Å²) in [6.07, 6.45) is 1.74. The number of aryl methyl sites for hydroxylation is 1. The van der Waals surface area contributed by atoms with Gasteiger partial charge in [-0.25, -0.2) is 9.79 Å². The van der Waals surface area contributed by atoms with Crippen molar-refractivity contribution in [1.82, 2.24) is 0 Å². The normalized spacial score (nSPS) is 16.0. The van der Waals surface area contributed by atoms with Crippen LogP contribution >= 0.6 is 22.6 Å². The predicted molar refractivity (Wildman–Crippen MR) is 90.9 cm³/mol. The fourth-order valence-corrected chi connectivity index (χ4v) is 2.52. The van der Waals surface area contributed by atoms with Crippen LogP contribution in [0.4, 0.5) is 0 Å². The predicted octanol–water partition coefficient (Wildman–Crippen LogP) is 3.94. The van der Waals surface area contributed by atoms with Crippen LogP contribution < -0.4 is 0 Å². The molecule has 1 heterocycles. The Morgan fingerprint density at radius 2 is 1.90 bits per heavy atom. The fourth-order valence-electron chi connectivity index (χ4n) is 1.97. The minimum absolute atomic E-state index is 0.327. The van der Waals surface area contributed by atoms with Crippen molar-refractivity contribution in [2.75, 3.05) is 0 Å². The van der Waals surface area contributed by atoms with E-state index in [2.05, 4.69) is 27.6 Å². The first-order valence-electron chi connectivity index (χ1n) is 6.47. The van der Waals surface area contributed by atoms with Gasteiger partial charge in [-0.1, -0.05) is 35.9 Å². The molecule has 0 saturated carbocycles. The average Bonchev–Trinajstić information content (AvgIpc) is 2.83. The molecule has 21 heavy (non-hydrogen) atoms. The molecule has 0 radical (unpaired) electrons. The first-order valence-corrected chi connectivity index (χ1v) is 7.55. The Hall–Kier alpha value is -1.95. The van der Waals surface area contributed by atoms with E-state index in [1.165, 1.54) is 5.56 Å². The number of carbonyl (C=O) groups is 1. The Kier molecular flexibility index (Phi) is 3.88. The number of hydrogen-bond acceptors (Lipinski definition) is 3. The van der Waals surface area contributed by atoms with E-state index in [0.717, 1.165) is 14.7 Å². The van der Waals surface area contributed by atoms with E-state index in [1.807, 2.05) is 55.5 Å². The van der Waals surface area contributed by atoms with Crippen LogP contribution in [0.2, 0.25) is 0 Å². The number of nitrogens with zero attached hydrogens (tertiary/aromatic N) is 1. The highest BCUT2D eigenvalue weighted by Crippen LogP contribution is 2.20. The van der Waals surface area contributed by atoms with E-state index in [4.69, 9.17) is 4.74 Å². The molecule has 1 aliphatic heterocycles. The van der Waals surface area contributed by atoms with E-state index >= 15 is 0 Å². The van der Waals surface area contributed by atoms with Crippen LogP contribution in [0.25, 0.3) is 6.08 Å². The minimum Gasteiger partial charge on any atom is -0.402 e. The smallest absolute Gasteiger partial charge is 0.363 e. The first-order chi connectivity index (χ1) is 10.1. The number of ether oxygens (including phenoxy) is 1. The van der Waals surface area contributed by atoms with Gasteiger partial charge in [0.2, 0.25) is 5.90 Å². The van der Waals surface area contributed by atoms with Gasteiger partial charge in [-0.3, -0.25) is 0 Å². The summed E-state index contributed by atoms with van der Waals surface area (Å²) in [6.45, 7) is 2.02. The standard InChI is InChI=1S/C17H12INO2/c1-11-5-7-12(8-6-11)9-15-17(20)21-16(19-15)13-3-2-4-14(18)10-13/h2-10H,1H3. The zero-order valence-corrected chi connectivity index (χ0v) is 13.5. The molecule has 0 saturated heterocycles. The lowest BCUT2D eigenvalue weighted by atomic mass is 10.1. The topological polar surface area (TPSA) is 38.7 Å². The van der Waals surface area contributed by atoms with Gasteiger partial charge in [-0.05, 0) is 59.4 Å². The lowest BCUT2D eigenvalue weighted by Crippen LogP contribution is -2.05. The highest BCUT2D eigenvalue weighted by molar-refractivity contribution is 14.1. The molecule has 104 valence electrons. The van der Waals surface area contributed by atoms with Gasteiger partial charge in [-0.15, -0.1) is 0 Å². The molecular formula is C17H12INO2. The van der Waals surface area contributed by atoms with Crippen molar-refractivity contribution >= 4 is 40.5 Å². The van der Waals surface area contributed by atoms with Crippen LogP contribution in [0.1, 0.15) is 16.7 Å². The molecule has 3 rings (SSSR count). The van der Waals surface area contributed by atoms with E-state index in [-0.39, 0.29) is 0 Å². The van der Waals surface area contributed by atoms with Crippen LogP contribution in [0.5, 0.6) is 0 Å². The summed E-state index contributed by atoms with van der Waals surface area (Å²) < 4.78 is 6.32. The summed E-state index contributed by atoms with van der Waals surface area (Å²) >= 11 is 2.21. The van der Waals surface area contributed by atoms with Crippen LogP contribution in [-0.4, -0.2) is 11.9 Å². The largest absolute Gasteiger partial charge is 0.402 e. The first kappa shape index (κ1) is 14.0. The van der Waals surface area contributed by atoms with E-state index < -0.39 is 5.97 Å². The molecule has 3 nitrogen and oxygen atoms in total. The molecule has 2 aromatic carbocycles.